The van der Waals surface area contributed by atoms with E-state index in [1.807, 2.05) is 4.72 Å². The molecule has 2 amide bonds. The number of hydrogen-bond acceptors (Lipinski definition) is 6. The fourth-order valence-electron chi connectivity index (χ4n) is 3.06. The molecule has 0 bridgehead atoms. The number of amides is 2. The van der Waals surface area contributed by atoms with E-state index in [9.17, 15) is 28.1 Å². The molecule has 9 nitrogen and oxygen atoms in total. The van der Waals surface area contributed by atoms with Gasteiger partial charge in [0.1, 0.15) is 5.92 Å². The Bertz CT molecular complexity index is 1100. The van der Waals surface area contributed by atoms with Crippen molar-refractivity contribution in [1.29, 1.82) is 0 Å². The van der Waals surface area contributed by atoms with E-state index in [-0.39, 0.29) is 12.1 Å². The zero-order chi connectivity index (χ0) is 23.7. The Morgan fingerprint density at radius 3 is 2.34 bits per heavy atom. The highest BCUT2D eigenvalue weighted by Crippen LogP contribution is 2.18. The standard InChI is InChI=1S/C22H25N3O6S/c1-3-24(4-2)22(27)20(16-18-11-8-12-19(15-18)25(28)29)21(26)23-32(30,31)14-13-17-9-6-5-7-10-17/h5-15,20H,3-4,16H2,1-2H3,(H,23,26)/b14-13+. The second kappa shape index (κ2) is 11.2. The summed E-state index contributed by atoms with van der Waals surface area (Å²) in [6.07, 6.45) is 1.15. The van der Waals surface area contributed by atoms with Gasteiger partial charge in [0, 0.05) is 25.2 Å². The van der Waals surface area contributed by atoms with Gasteiger partial charge in [0.25, 0.3) is 15.7 Å². The predicted octanol–water partition coefficient (Wildman–Crippen LogP) is 2.74. The highest BCUT2D eigenvalue weighted by molar-refractivity contribution is 7.93. The van der Waals surface area contributed by atoms with E-state index in [1.54, 1.807) is 50.2 Å². The van der Waals surface area contributed by atoms with Gasteiger partial charge in [-0.2, -0.15) is 0 Å². The van der Waals surface area contributed by atoms with E-state index in [1.165, 1.54) is 29.2 Å². The van der Waals surface area contributed by atoms with Crippen LogP contribution >= 0.6 is 0 Å². The smallest absolute Gasteiger partial charge is 0.269 e. The topological polar surface area (TPSA) is 127 Å². The first-order valence-electron chi connectivity index (χ1n) is 9.98. The van der Waals surface area contributed by atoms with E-state index < -0.39 is 32.7 Å². The molecule has 1 N–H and O–H groups in total. The van der Waals surface area contributed by atoms with Crippen LogP contribution in [-0.2, 0) is 26.0 Å². The number of nitrogens with zero attached hydrogens (tertiary/aromatic N) is 2. The molecule has 10 heteroatoms. The summed E-state index contributed by atoms with van der Waals surface area (Å²) in [6, 6.07) is 14.2. The minimum absolute atomic E-state index is 0.180. The summed E-state index contributed by atoms with van der Waals surface area (Å²) < 4.78 is 26.8. The van der Waals surface area contributed by atoms with E-state index in [2.05, 4.69) is 0 Å². The minimum atomic E-state index is -4.17. The lowest BCUT2D eigenvalue weighted by molar-refractivity contribution is -0.384. The average molecular weight is 460 g/mol. The van der Waals surface area contributed by atoms with Crippen LogP contribution in [0.25, 0.3) is 6.08 Å². The molecule has 0 radical (unpaired) electrons. The number of nitro groups is 1. The van der Waals surface area contributed by atoms with Crippen molar-refractivity contribution in [3.05, 3.63) is 81.2 Å². The number of non-ortho nitro benzene ring substituents is 1. The molecule has 2 rings (SSSR count). The monoisotopic (exact) mass is 459 g/mol. The van der Waals surface area contributed by atoms with E-state index in [4.69, 9.17) is 0 Å². The van der Waals surface area contributed by atoms with Gasteiger partial charge in [0.05, 0.1) is 10.3 Å². The number of hydrogen-bond donors (Lipinski definition) is 1. The third-order valence-corrected chi connectivity index (χ3v) is 5.71. The first kappa shape index (κ1) is 24.7. The second-order valence-corrected chi connectivity index (χ2v) is 8.49. The fourth-order valence-corrected chi connectivity index (χ4v) is 3.89. The Labute approximate surface area is 186 Å². The highest BCUT2D eigenvalue weighted by Gasteiger charge is 2.32. The zero-order valence-corrected chi connectivity index (χ0v) is 18.6. The van der Waals surface area contributed by atoms with Gasteiger partial charge < -0.3 is 4.90 Å². The molecule has 170 valence electrons. The van der Waals surface area contributed by atoms with Crippen molar-refractivity contribution in [2.24, 2.45) is 5.92 Å². The lowest BCUT2D eigenvalue weighted by Crippen LogP contribution is -2.45. The third-order valence-electron chi connectivity index (χ3n) is 4.73. The van der Waals surface area contributed by atoms with Crippen molar-refractivity contribution in [3.8, 4) is 0 Å². The lowest BCUT2D eigenvalue weighted by atomic mass is 9.96. The zero-order valence-electron chi connectivity index (χ0n) is 17.8. The SMILES string of the molecule is CCN(CC)C(=O)C(Cc1cccc([N+](=O)[O-])c1)C(=O)NS(=O)(=O)/C=C/c1ccccc1. The van der Waals surface area contributed by atoms with Crippen LogP contribution in [0.3, 0.4) is 0 Å². The average Bonchev–Trinajstić information content (AvgIpc) is 2.77. The fraction of sp³-hybridized carbons (Fsp3) is 0.273. The molecule has 2 aromatic carbocycles. The van der Waals surface area contributed by atoms with Crippen LogP contribution in [-0.4, -0.2) is 43.1 Å². The molecule has 2 aromatic rings. The van der Waals surface area contributed by atoms with Crippen molar-refractivity contribution >= 4 is 33.6 Å². The molecule has 0 saturated heterocycles. The number of rotatable bonds is 10. The Morgan fingerprint density at radius 1 is 1.09 bits per heavy atom. The maximum atomic E-state index is 13.0. The number of nitrogens with one attached hydrogen (secondary N) is 1. The second-order valence-electron chi connectivity index (χ2n) is 6.92. The number of carbonyl (C=O) groups excluding carboxylic acids is 2. The summed E-state index contributed by atoms with van der Waals surface area (Å²) in [7, 11) is -4.17. The number of carbonyl (C=O) groups is 2. The maximum Gasteiger partial charge on any atom is 0.269 e. The molecule has 32 heavy (non-hydrogen) atoms. The van der Waals surface area contributed by atoms with Crippen molar-refractivity contribution in [2.75, 3.05) is 13.1 Å². The minimum Gasteiger partial charge on any atom is -0.343 e. The molecule has 0 heterocycles. The molecule has 0 aliphatic rings. The van der Waals surface area contributed by atoms with Crippen molar-refractivity contribution in [3.63, 3.8) is 0 Å². The molecule has 0 aliphatic carbocycles. The van der Waals surface area contributed by atoms with Crippen LogP contribution in [0, 0.1) is 16.0 Å². The number of nitro benzene ring substituents is 1. The van der Waals surface area contributed by atoms with Crippen LogP contribution in [0.1, 0.15) is 25.0 Å². The van der Waals surface area contributed by atoms with Gasteiger partial charge in [-0.3, -0.25) is 19.7 Å². The summed E-state index contributed by atoms with van der Waals surface area (Å²) >= 11 is 0. The van der Waals surface area contributed by atoms with Gasteiger partial charge in [-0.1, -0.05) is 42.5 Å². The first-order chi connectivity index (χ1) is 15.2. The lowest BCUT2D eigenvalue weighted by Gasteiger charge is -2.24. The van der Waals surface area contributed by atoms with Gasteiger partial charge in [-0.15, -0.1) is 0 Å². The van der Waals surface area contributed by atoms with E-state index in [0.717, 1.165) is 5.41 Å². The largest absolute Gasteiger partial charge is 0.343 e. The third kappa shape index (κ3) is 7.02. The molecule has 0 saturated carbocycles. The summed E-state index contributed by atoms with van der Waals surface area (Å²) in [4.78, 5) is 37.7. The van der Waals surface area contributed by atoms with Gasteiger partial charge in [0.2, 0.25) is 11.8 Å². The molecule has 0 spiro atoms. The van der Waals surface area contributed by atoms with Crippen molar-refractivity contribution < 1.29 is 22.9 Å². The maximum absolute atomic E-state index is 13.0. The summed E-state index contributed by atoms with van der Waals surface area (Å²) in [5, 5.41) is 11.9. The van der Waals surface area contributed by atoms with Crippen LogP contribution in [0.5, 0.6) is 0 Å². The number of sulfonamides is 1. The molecule has 0 fully saturated rings. The van der Waals surface area contributed by atoms with Crippen LogP contribution in [0.2, 0.25) is 0 Å². The van der Waals surface area contributed by atoms with E-state index in [0.29, 0.717) is 24.2 Å². The van der Waals surface area contributed by atoms with Gasteiger partial charge in [-0.05, 0) is 37.5 Å². The van der Waals surface area contributed by atoms with Crippen LogP contribution in [0.4, 0.5) is 5.69 Å². The van der Waals surface area contributed by atoms with Gasteiger partial charge >= 0.3 is 0 Å². The molecule has 0 aromatic heterocycles. The Balaban J connectivity index is 2.29. The van der Waals surface area contributed by atoms with Crippen molar-refractivity contribution in [2.45, 2.75) is 20.3 Å². The van der Waals surface area contributed by atoms with Crippen molar-refractivity contribution in [1.82, 2.24) is 9.62 Å². The molecule has 0 aliphatic heterocycles. The predicted molar refractivity (Wildman–Crippen MR) is 121 cm³/mol. The summed E-state index contributed by atoms with van der Waals surface area (Å²) in [5.74, 6) is -2.91. The van der Waals surface area contributed by atoms with Crippen LogP contribution in [0.15, 0.2) is 60.0 Å². The van der Waals surface area contributed by atoms with E-state index >= 15 is 0 Å². The normalized spacial score (nSPS) is 12.3. The molecule has 1 atom stereocenters. The molecular formula is C22H25N3O6S. The Kier molecular flexibility index (Phi) is 8.65. The highest BCUT2D eigenvalue weighted by atomic mass is 32.2. The van der Waals surface area contributed by atoms with Gasteiger partial charge in [-0.25, -0.2) is 13.1 Å². The first-order valence-corrected chi connectivity index (χ1v) is 11.5. The summed E-state index contributed by atoms with van der Waals surface area (Å²) in [6.45, 7) is 4.13. The molecular weight excluding hydrogens is 434 g/mol. The quantitative estimate of drug-likeness (QED) is 0.331. The van der Waals surface area contributed by atoms with Gasteiger partial charge in [0.15, 0.2) is 0 Å². The Hall–Kier alpha value is -3.53. The van der Waals surface area contributed by atoms with Crippen LogP contribution < -0.4 is 4.72 Å². The Morgan fingerprint density at radius 2 is 1.75 bits per heavy atom. The molecule has 1 unspecified atom stereocenters. The summed E-state index contributed by atoms with van der Waals surface area (Å²) in [5.41, 5.74) is 0.810. The number of benzene rings is 2.